The largest absolute Gasteiger partial charge is 0.383 e. The van der Waals surface area contributed by atoms with Gasteiger partial charge >= 0.3 is 0 Å². The molecule has 1 aromatic carbocycles. The highest BCUT2D eigenvalue weighted by molar-refractivity contribution is 6.03. The highest BCUT2D eigenvalue weighted by Gasteiger charge is 2.14. The third-order valence-corrected chi connectivity index (χ3v) is 2.62. The van der Waals surface area contributed by atoms with Crippen molar-refractivity contribution in [1.29, 1.82) is 0 Å². The average Bonchev–Trinajstić information content (AvgIpc) is 2.39. The van der Waals surface area contributed by atoms with Crippen LogP contribution in [0, 0.1) is 0 Å². The molecular weight excluding hydrogens is 230 g/mol. The van der Waals surface area contributed by atoms with Gasteiger partial charge in [-0.3, -0.25) is 9.78 Å². The summed E-state index contributed by atoms with van der Waals surface area (Å²) < 4.78 is 4.85. The third-order valence-electron chi connectivity index (χ3n) is 2.62. The second-order valence-corrected chi connectivity index (χ2v) is 3.95. The number of ether oxygens (including phenoxy) is 1. The van der Waals surface area contributed by atoms with Crippen LogP contribution in [-0.4, -0.2) is 30.6 Å². The van der Waals surface area contributed by atoms with Crippen molar-refractivity contribution in [3.8, 4) is 0 Å². The smallest absolute Gasteiger partial charge is 0.243 e. The van der Waals surface area contributed by atoms with Crippen molar-refractivity contribution in [3.63, 3.8) is 0 Å². The standard InChI is InChI=1S/C13H15N3O2/c1-18-8-11(14)13(17)16-12-4-2-3-9-7-15-6-5-10(9)12/h2-7,11H,8,14H2,1H3,(H,16,17). The number of nitrogens with one attached hydrogen (secondary N) is 1. The Morgan fingerprint density at radius 3 is 3.11 bits per heavy atom. The number of nitrogens with two attached hydrogens (primary N) is 1. The van der Waals surface area contributed by atoms with Crippen LogP contribution in [0.3, 0.4) is 0 Å². The molecule has 0 aliphatic carbocycles. The molecule has 0 fully saturated rings. The van der Waals surface area contributed by atoms with Gasteiger partial charge in [0, 0.05) is 36.0 Å². The molecule has 1 amide bonds. The Morgan fingerprint density at radius 2 is 2.33 bits per heavy atom. The fourth-order valence-electron chi connectivity index (χ4n) is 1.71. The molecule has 0 saturated heterocycles. The Hall–Kier alpha value is -1.98. The highest BCUT2D eigenvalue weighted by Crippen LogP contribution is 2.22. The molecule has 5 heteroatoms. The number of aromatic nitrogens is 1. The molecule has 1 heterocycles. The first-order valence-corrected chi connectivity index (χ1v) is 5.60. The maximum Gasteiger partial charge on any atom is 0.243 e. The third kappa shape index (κ3) is 2.64. The molecule has 1 atom stereocenters. The Kier molecular flexibility index (Phi) is 3.86. The van der Waals surface area contributed by atoms with Crippen molar-refractivity contribution in [1.82, 2.24) is 4.98 Å². The van der Waals surface area contributed by atoms with Crippen molar-refractivity contribution in [3.05, 3.63) is 36.7 Å². The van der Waals surface area contributed by atoms with Gasteiger partial charge in [0.05, 0.1) is 6.61 Å². The molecule has 0 bridgehead atoms. The number of fused-ring (bicyclic) bond motifs is 1. The summed E-state index contributed by atoms with van der Waals surface area (Å²) in [6.07, 6.45) is 3.44. The van der Waals surface area contributed by atoms with E-state index < -0.39 is 6.04 Å². The van der Waals surface area contributed by atoms with Crippen molar-refractivity contribution in [2.75, 3.05) is 19.0 Å². The molecule has 3 N–H and O–H groups in total. The van der Waals surface area contributed by atoms with Gasteiger partial charge in [0.25, 0.3) is 0 Å². The fraction of sp³-hybridized carbons (Fsp3) is 0.231. The van der Waals surface area contributed by atoms with Crippen molar-refractivity contribution in [2.45, 2.75) is 6.04 Å². The summed E-state index contributed by atoms with van der Waals surface area (Å²) in [4.78, 5) is 15.9. The van der Waals surface area contributed by atoms with E-state index >= 15 is 0 Å². The molecule has 2 rings (SSSR count). The Labute approximate surface area is 105 Å². The van der Waals surface area contributed by atoms with Crippen molar-refractivity contribution >= 4 is 22.4 Å². The molecule has 18 heavy (non-hydrogen) atoms. The topological polar surface area (TPSA) is 77.2 Å². The first-order chi connectivity index (χ1) is 8.72. The van der Waals surface area contributed by atoms with Crippen LogP contribution in [0.1, 0.15) is 0 Å². The second-order valence-electron chi connectivity index (χ2n) is 3.95. The molecule has 0 radical (unpaired) electrons. The summed E-state index contributed by atoms with van der Waals surface area (Å²) in [6, 6.07) is 6.81. The van der Waals surface area contributed by atoms with Crippen LogP contribution in [0.4, 0.5) is 5.69 Å². The normalized spacial score (nSPS) is 12.3. The molecule has 5 nitrogen and oxygen atoms in total. The SMILES string of the molecule is COCC(N)C(=O)Nc1cccc2cnccc12. The predicted octanol–water partition coefficient (Wildman–Crippen LogP) is 1.15. The summed E-state index contributed by atoms with van der Waals surface area (Å²) in [7, 11) is 1.51. The average molecular weight is 245 g/mol. The van der Waals surface area contributed by atoms with Gasteiger partial charge < -0.3 is 15.8 Å². The van der Waals surface area contributed by atoms with Crippen LogP contribution >= 0.6 is 0 Å². The van der Waals surface area contributed by atoms with E-state index in [0.29, 0.717) is 0 Å². The number of rotatable bonds is 4. The van der Waals surface area contributed by atoms with E-state index in [4.69, 9.17) is 10.5 Å². The lowest BCUT2D eigenvalue weighted by molar-refractivity contribution is -0.118. The molecule has 0 aliphatic heterocycles. The summed E-state index contributed by atoms with van der Waals surface area (Å²) in [5.74, 6) is -0.263. The van der Waals surface area contributed by atoms with Crippen molar-refractivity contribution in [2.24, 2.45) is 5.73 Å². The minimum Gasteiger partial charge on any atom is -0.383 e. The lowest BCUT2D eigenvalue weighted by Crippen LogP contribution is -2.39. The predicted molar refractivity (Wildman–Crippen MR) is 70.2 cm³/mol. The summed E-state index contributed by atoms with van der Waals surface area (Å²) in [5.41, 5.74) is 6.40. The van der Waals surface area contributed by atoms with E-state index in [1.807, 2.05) is 24.3 Å². The number of carbonyl (C=O) groups is 1. The van der Waals surface area contributed by atoms with Crippen LogP contribution in [0.15, 0.2) is 36.7 Å². The highest BCUT2D eigenvalue weighted by atomic mass is 16.5. The lowest BCUT2D eigenvalue weighted by atomic mass is 10.1. The molecule has 1 unspecified atom stereocenters. The number of pyridine rings is 1. The zero-order valence-electron chi connectivity index (χ0n) is 10.1. The van der Waals surface area contributed by atoms with E-state index in [9.17, 15) is 4.79 Å². The van der Waals surface area contributed by atoms with Crippen LogP contribution in [0.25, 0.3) is 10.8 Å². The zero-order chi connectivity index (χ0) is 13.0. The van der Waals surface area contributed by atoms with Gasteiger partial charge in [-0.15, -0.1) is 0 Å². The van der Waals surface area contributed by atoms with Crippen LogP contribution in [0.2, 0.25) is 0 Å². The van der Waals surface area contributed by atoms with Gasteiger partial charge in [-0.25, -0.2) is 0 Å². The van der Waals surface area contributed by atoms with Gasteiger partial charge in [-0.05, 0) is 12.1 Å². The lowest BCUT2D eigenvalue weighted by Gasteiger charge is -2.12. The van der Waals surface area contributed by atoms with E-state index in [1.165, 1.54) is 7.11 Å². The molecule has 2 aromatic rings. The number of methoxy groups -OCH3 is 1. The molecule has 0 spiro atoms. The van der Waals surface area contributed by atoms with Crippen LogP contribution in [-0.2, 0) is 9.53 Å². The Balaban J connectivity index is 2.24. The Bertz CT molecular complexity index is 551. The molecule has 0 aliphatic rings. The van der Waals surface area contributed by atoms with Gasteiger partial charge in [0.1, 0.15) is 6.04 Å². The van der Waals surface area contributed by atoms with E-state index in [0.717, 1.165) is 16.5 Å². The number of hydrogen-bond donors (Lipinski definition) is 2. The number of carbonyl (C=O) groups excluding carboxylic acids is 1. The summed E-state index contributed by atoms with van der Waals surface area (Å²) in [6.45, 7) is 0.193. The molecule has 94 valence electrons. The molecule has 1 aromatic heterocycles. The number of benzene rings is 1. The van der Waals surface area contributed by atoms with Crippen molar-refractivity contribution < 1.29 is 9.53 Å². The summed E-state index contributed by atoms with van der Waals surface area (Å²) >= 11 is 0. The maximum absolute atomic E-state index is 11.8. The number of anilines is 1. The maximum atomic E-state index is 11.8. The van der Waals surface area contributed by atoms with Gasteiger partial charge in [0.15, 0.2) is 0 Å². The second kappa shape index (κ2) is 5.57. The van der Waals surface area contributed by atoms with E-state index in [2.05, 4.69) is 10.3 Å². The van der Waals surface area contributed by atoms with Crippen LogP contribution in [0.5, 0.6) is 0 Å². The van der Waals surface area contributed by atoms with E-state index in [1.54, 1.807) is 12.4 Å². The minimum absolute atomic E-state index is 0.193. The van der Waals surface area contributed by atoms with Crippen LogP contribution < -0.4 is 11.1 Å². The van der Waals surface area contributed by atoms with Gasteiger partial charge in [-0.2, -0.15) is 0 Å². The first kappa shape index (κ1) is 12.5. The van der Waals surface area contributed by atoms with E-state index in [-0.39, 0.29) is 12.5 Å². The number of amides is 1. The monoisotopic (exact) mass is 245 g/mol. The molecular formula is C13H15N3O2. The van der Waals surface area contributed by atoms with Gasteiger partial charge in [0.2, 0.25) is 5.91 Å². The first-order valence-electron chi connectivity index (χ1n) is 5.60. The number of hydrogen-bond acceptors (Lipinski definition) is 4. The quantitative estimate of drug-likeness (QED) is 0.847. The number of nitrogens with zero attached hydrogens (tertiary/aromatic N) is 1. The fourth-order valence-corrected chi connectivity index (χ4v) is 1.71. The Morgan fingerprint density at radius 1 is 1.50 bits per heavy atom. The van der Waals surface area contributed by atoms with Gasteiger partial charge in [-0.1, -0.05) is 12.1 Å². The zero-order valence-corrected chi connectivity index (χ0v) is 10.1. The molecule has 0 saturated carbocycles. The summed E-state index contributed by atoms with van der Waals surface area (Å²) in [5, 5.41) is 4.70. The minimum atomic E-state index is -0.674.